The zero-order valence-corrected chi connectivity index (χ0v) is 22.6. The number of benzene rings is 1. The van der Waals surface area contributed by atoms with Crippen LogP contribution in [0.3, 0.4) is 0 Å². The minimum Gasteiger partial charge on any atom is -0.481 e. The smallest absolute Gasteiger partial charge is 0.307 e. The predicted molar refractivity (Wildman–Crippen MR) is 147 cm³/mol. The number of anilines is 1. The van der Waals surface area contributed by atoms with Crippen molar-refractivity contribution in [2.24, 2.45) is 5.41 Å². The molecule has 0 fully saturated rings. The molecule has 2 unspecified atom stereocenters. The third-order valence-corrected chi connectivity index (χ3v) is 8.40. The Morgan fingerprint density at radius 3 is 2.57 bits per heavy atom. The first-order valence-corrected chi connectivity index (χ1v) is 13.8. The zero-order valence-electron chi connectivity index (χ0n) is 21.8. The van der Waals surface area contributed by atoms with Crippen LogP contribution >= 0.6 is 10.7 Å². The number of carboxylic acids is 1. The first kappa shape index (κ1) is 25.4. The lowest BCUT2D eigenvalue weighted by molar-refractivity contribution is -0.136. The molecule has 6 heteroatoms. The van der Waals surface area contributed by atoms with Gasteiger partial charge in [-0.2, -0.15) is 0 Å². The van der Waals surface area contributed by atoms with Gasteiger partial charge in [-0.1, -0.05) is 38.8 Å². The minimum atomic E-state index is -0.847. The number of halogens is 1. The number of aromatic nitrogens is 1. The van der Waals surface area contributed by atoms with Crippen molar-refractivity contribution in [2.75, 3.05) is 10.6 Å². The van der Waals surface area contributed by atoms with E-state index in [0.717, 1.165) is 62.3 Å². The first-order valence-electron chi connectivity index (χ1n) is 12.1. The largest absolute Gasteiger partial charge is 0.481 e. The molecule has 35 heavy (non-hydrogen) atoms. The average molecular weight is 495 g/mol. The highest BCUT2D eigenvalue weighted by Crippen LogP contribution is 2.54. The predicted octanol–water partition coefficient (Wildman–Crippen LogP) is 7.27. The van der Waals surface area contributed by atoms with E-state index in [4.69, 9.17) is 0 Å². The maximum absolute atomic E-state index is 14.3. The number of rotatable bonds is 5. The molecule has 1 N–H and O–H groups in total. The average Bonchev–Trinajstić information content (AvgIpc) is 2.74. The van der Waals surface area contributed by atoms with Crippen LogP contribution in [-0.2, 0) is 17.6 Å². The Balaban J connectivity index is 2.17. The number of aliphatic carboxylic acids is 1. The van der Waals surface area contributed by atoms with Crippen molar-refractivity contribution < 1.29 is 14.3 Å². The van der Waals surface area contributed by atoms with Gasteiger partial charge in [0.25, 0.3) is 0 Å². The summed E-state index contributed by atoms with van der Waals surface area (Å²) in [4.78, 5) is 16.7. The molecule has 1 aromatic heterocycles. The van der Waals surface area contributed by atoms with Crippen LogP contribution in [0.1, 0.15) is 74.9 Å². The maximum atomic E-state index is 14.3. The summed E-state index contributed by atoms with van der Waals surface area (Å²) in [6, 6.07) is 1.45. The second-order valence-electron chi connectivity index (χ2n) is 10.4. The SMILES string of the molecule is C=S(C)N1c2c(CC)c(CC(=O)O)c(C3=CCC(C)(C)C=C3C)c(C)c2-c2ncc(F)cc2C1C. The summed E-state index contributed by atoms with van der Waals surface area (Å²) in [5, 5.41) is 9.96. The molecule has 186 valence electrons. The van der Waals surface area contributed by atoms with Gasteiger partial charge in [0, 0.05) is 11.1 Å². The number of nitrogens with zero attached hydrogens (tertiary/aromatic N) is 2. The third kappa shape index (κ3) is 4.26. The molecule has 2 aromatic rings. The van der Waals surface area contributed by atoms with E-state index >= 15 is 0 Å². The fourth-order valence-corrected chi connectivity index (χ4v) is 7.04. The van der Waals surface area contributed by atoms with E-state index < -0.39 is 16.6 Å². The molecule has 0 saturated heterocycles. The summed E-state index contributed by atoms with van der Waals surface area (Å²) in [7, 11) is -0.417. The molecule has 4 rings (SSSR count). The van der Waals surface area contributed by atoms with Crippen LogP contribution in [0.5, 0.6) is 0 Å². The lowest BCUT2D eigenvalue weighted by Gasteiger charge is -2.42. The van der Waals surface area contributed by atoms with Gasteiger partial charge >= 0.3 is 5.97 Å². The summed E-state index contributed by atoms with van der Waals surface area (Å²) in [6.45, 7) is 12.7. The normalized spacial score (nSPS) is 19.4. The third-order valence-electron chi connectivity index (χ3n) is 7.23. The Kier molecular flexibility index (Phi) is 6.56. The van der Waals surface area contributed by atoms with Crippen LogP contribution in [-0.4, -0.2) is 28.2 Å². The zero-order chi connectivity index (χ0) is 25.8. The molecular weight excluding hydrogens is 459 g/mol. The Bertz CT molecular complexity index is 1320. The molecule has 2 atom stereocenters. The van der Waals surface area contributed by atoms with Crippen molar-refractivity contribution in [3.05, 3.63) is 63.6 Å². The van der Waals surface area contributed by atoms with Gasteiger partial charge in [0.2, 0.25) is 0 Å². The van der Waals surface area contributed by atoms with Crippen molar-refractivity contribution in [1.82, 2.24) is 4.98 Å². The number of pyridine rings is 1. The Morgan fingerprint density at radius 2 is 2.00 bits per heavy atom. The van der Waals surface area contributed by atoms with E-state index in [2.05, 4.69) is 75.1 Å². The number of carboxylic acid groups (broad SMARTS) is 1. The van der Waals surface area contributed by atoms with Crippen LogP contribution < -0.4 is 4.31 Å². The van der Waals surface area contributed by atoms with Crippen molar-refractivity contribution in [3.8, 4) is 11.3 Å². The monoisotopic (exact) mass is 494 g/mol. The molecule has 0 amide bonds. The summed E-state index contributed by atoms with van der Waals surface area (Å²) >= 11 is 0. The second kappa shape index (κ2) is 9.05. The van der Waals surface area contributed by atoms with Crippen molar-refractivity contribution in [3.63, 3.8) is 0 Å². The van der Waals surface area contributed by atoms with E-state index in [0.29, 0.717) is 6.42 Å². The molecule has 1 aliphatic heterocycles. The lowest BCUT2D eigenvalue weighted by Crippen LogP contribution is -2.29. The van der Waals surface area contributed by atoms with Gasteiger partial charge in [0.15, 0.2) is 0 Å². The van der Waals surface area contributed by atoms with E-state index in [9.17, 15) is 14.3 Å². The highest BCUT2D eigenvalue weighted by molar-refractivity contribution is 8.14. The van der Waals surface area contributed by atoms with E-state index in [1.54, 1.807) is 6.07 Å². The number of carbonyl (C=O) groups is 1. The van der Waals surface area contributed by atoms with Gasteiger partial charge in [-0.25, -0.2) is 4.39 Å². The van der Waals surface area contributed by atoms with Crippen LogP contribution in [0.2, 0.25) is 0 Å². The van der Waals surface area contributed by atoms with Crippen LogP contribution in [0.4, 0.5) is 10.1 Å². The summed E-state index contributed by atoms with van der Waals surface area (Å²) in [5.41, 5.74) is 9.76. The molecule has 4 nitrogen and oxygen atoms in total. The Hall–Kier alpha value is -2.73. The molecule has 2 heterocycles. The molecular formula is C29H35FN2O2S. The first-order chi connectivity index (χ1) is 16.4. The van der Waals surface area contributed by atoms with Crippen molar-refractivity contribution in [2.45, 2.75) is 66.8 Å². The van der Waals surface area contributed by atoms with Gasteiger partial charge in [-0.3, -0.25) is 9.78 Å². The van der Waals surface area contributed by atoms with Gasteiger partial charge in [-0.15, -0.1) is 10.7 Å². The highest BCUT2D eigenvalue weighted by atomic mass is 32.2. The molecule has 2 aliphatic rings. The summed E-state index contributed by atoms with van der Waals surface area (Å²) < 4.78 is 16.6. The standard InChI is InChI=1S/C29H35FN2O2S/c1-9-20-23(13-24(33)34)25(21-10-11-29(5,6)14-16(21)2)17(3)26-27-22(12-19(30)15-31-27)18(4)32(28(20)26)35(7)8/h10,12,14-15,18H,7,9,11,13H2,1-6,8H3,(H,33,34). The van der Waals surface area contributed by atoms with Crippen molar-refractivity contribution in [1.29, 1.82) is 0 Å². The molecule has 1 aromatic carbocycles. The van der Waals surface area contributed by atoms with Gasteiger partial charge in [0.1, 0.15) is 5.82 Å². The van der Waals surface area contributed by atoms with E-state index in [1.807, 2.05) is 0 Å². The highest BCUT2D eigenvalue weighted by Gasteiger charge is 2.37. The number of hydrogen-bond acceptors (Lipinski definition) is 3. The van der Waals surface area contributed by atoms with Gasteiger partial charge in [-0.05, 0) is 84.7 Å². The van der Waals surface area contributed by atoms with E-state index in [-0.39, 0.29) is 23.7 Å². The minimum absolute atomic E-state index is 0.0542. The molecule has 0 spiro atoms. The molecule has 0 radical (unpaired) electrons. The fourth-order valence-electron chi connectivity index (χ4n) is 5.87. The Labute approximate surface area is 210 Å². The topological polar surface area (TPSA) is 53.4 Å². The molecule has 0 bridgehead atoms. The summed E-state index contributed by atoms with van der Waals surface area (Å²) in [6.07, 6.45) is 9.37. The van der Waals surface area contributed by atoms with Crippen LogP contribution in [0, 0.1) is 18.2 Å². The van der Waals surface area contributed by atoms with Crippen molar-refractivity contribution >= 4 is 33.8 Å². The maximum Gasteiger partial charge on any atom is 0.307 e. The number of allylic oxidation sites excluding steroid dienone is 4. The van der Waals surface area contributed by atoms with Crippen LogP contribution in [0.15, 0.2) is 30.0 Å². The summed E-state index contributed by atoms with van der Waals surface area (Å²) in [5.74, 6) is 3.14. The quantitative estimate of drug-likeness (QED) is 0.444. The molecule has 0 saturated carbocycles. The Morgan fingerprint density at radius 1 is 1.31 bits per heavy atom. The fraction of sp³-hybridized carbons (Fsp3) is 0.414. The molecule has 1 aliphatic carbocycles. The van der Waals surface area contributed by atoms with Crippen LogP contribution in [0.25, 0.3) is 16.8 Å². The van der Waals surface area contributed by atoms with E-state index in [1.165, 1.54) is 6.20 Å². The van der Waals surface area contributed by atoms with Gasteiger partial charge < -0.3 is 9.41 Å². The number of hydrogen-bond donors (Lipinski definition) is 1. The number of fused-ring (bicyclic) bond motifs is 3. The second-order valence-corrected chi connectivity index (χ2v) is 12.0. The van der Waals surface area contributed by atoms with Gasteiger partial charge in [0.05, 0.1) is 30.0 Å². The lowest BCUT2D eigenvalue weighted by atomic mass is 9.74.